The van der Waals surface area contributed by atoms with Gasteiger partial charge in [0, 0.05) is 18.9 Å². The van der Waals surface area contributed by atoms with Gasteiger partial charge in [0.2, 0.25) is 0 Å². The van der Waals surface area contributed by atoms with Crippen molar-refractivity contribution in [2.75, 3.05) is 7.11 Å². The van der Waals surface area contributed by atoms with Crippen molar-refractivity contribution in [1.29, 1.82) is 0 Å². The lowest BCUT2D eigenvalue weighted by Gasteiger charge is -2.34. The van der Waals surface area contributed by atoms with Crippen molar-refractivity contribution in [3.05, 3.63) is 47.5 Å². The normalized spacial score (nSPS) is 24.4. The average molecular weight is 302 g/mol. The fourth-order valence-corrected chi connectivity index (χ4v) is 2.84. The summed E-state index contributed by atoms with van der Waals surface area (Å²) in [5, 5.41) is 0. The smallest absolute Gasteiger partial charge is 0.338 e. The Labute approximate surface area is 131 Å². The topological polar surface area (TPSA) is 52.6 Å². The molecule has 2 rings (SSSR count). The van der Waals surface area contributed by atoms with E-state index in [0.717, 1.165) is 0 Å². The maximum Gasteiger partial charge on any atom is 0.338 e. The highest BCUT2D eigenvalue weighted by atomic mass is 16.6. The van der Waals surface area contributed by atoms with Crippen molar-refractivity contribution in [1.82, 2.24) is 0 Å². The molecule has 1 aliphatic rings. The fraction of sp³-hybridized carbons (Fsp3) is 0.444. The molecule has 2 atom stereocenters. The Balaban J connectivity index is 2.29. The van der Waals surface area contributed by atoms with E-state index in [0.29, 0.717) is 17.6 Å². The molecule has 0 heterocycles. The lowest BCUT2D eigenvalue weighted by molar-refractivity contribution is -0.120. The van der Waals surface area contributed by atoms with Gasteiger partial charge < -0.3 is 9.47 Å². The molecule has 1 aromatic rings. The predicted octanol–water partition coefficient (Wildman–Crippen LogP) is 3.17. The number of Topliss-reactive ketones (excluding diaryl/α,β-unsaturated/α-hetero) is 1. The van der Waals surface area contributed by atoms with Crippen LogP contribution in [0.2, 0.25) is 0 Å². The van der Waals surface area contributed by atoms with Gasteiger partial charge in [0.25, 0.3) is 0 Å². The quantitative estimate of drug-likeness (QED) is 0.805. The predicted molar refractivity (Wildman–Crippen MR) is 83.6 cm³/mol. The third-order valence-corrected chi connectivity index (χ3v) is 4.05. The molecule has 0 bridgehead atoms. The highest BCUT2D eigenvalue weighted by Crippen LogP contribution is 2.35. The summed E-state index contributed by atoms with van der Waals surface area (Å²) < 4.78 is 11.2. The largest absolute Gasteiger partial charge is 0.452 e. The van der Waals surface area contributed by atoms with Gasteiger partial charge in [-0.1, -0.05) is 32.0 Å². The summed E-state index contributed by atoms with van der Waals surface area (Å²) in [5.41, 5.74) is 0.678. The Kier molecular flexibility index (Phi) is 4.81. The zero-order valence-electron chi connectivity index (χ0n) is 13.5. The van der Waals surface area contributed by atoms with Gasteiger partial charge in [-0.2, -0.15) is 0 Å². The van der Waals surface area contributed by atoms with E-state index in [9.17, 15) is 9.59 Å². The Morgan fingerprint density at radius 2 is 1.86 bits per heavy atom. The highest BCUT2D eigenvalue weighted by Gasteiger charge is 2.41. The molecule has 0 spiro atoms. The van der Waals surface area contributed by atoms with Crippen molar-refractivity contribution >= 4 is 11.8 Å². The molecule has 0 N–H and O–H groups in total. The first-order chi connectivity index (χ1) is 10.3. The second-order valence-corrected chi connectivity index (χ2v) is 6.33. The molecular weight excluding hydrogens is 280 g/mol. The molecule has 0 aliphatic heterocycles. The average Bonchev–Trinajstić information content (AvgIpc) is 2.54. The first-order valence-electron chi connectivity index (χ1n) is 7.35. The molecule has 0 saturated heterocycles. The molecule has 0 radical (unpaired) electrons. The lowest BCUT2D eigenvalue weighted by Crippen LogP contribution is -2.42. The number of ether oxygens (including phenoxy) is 2. The van der Waals surface area contributed by atoms with E-state index in [1.807, 2.05) is 19.9 Å². The van der Waals surface area contributed by atoms with Gasteiger partial charge in [0.1, 0.15) is 12.2 Å². The number of hydrogen-bond acceptors (Lipinski definition) is 4. The molecule has 1 aromatic carbocycles. The summed E-state index contributed by atoms with van der Waals surface area (Å²) >= 11 is 0. The van der Waals surface area contributed by atoms with Crippen LogP contribution in [0.3, 0.4) is 0 Å². The van der Waals surface area contributed by atoms with Crippen molar-refractivity contribution in [2.24, 2.45) is 5.41 Å². The number of allylic oxidation sites excluding steroid dienone is 1. The van der Waals surface area contributed by atoms with Gasteiger partial charge in [0.05, 0.1) is 5.56 Å². The van der Waals surface area contributed by atoms with Gasteiger partial charge in [-0.05, 0) is 30.7 Å². The molecule has 1 aliphatic carbocycles. The van der Waals surface area contributed by atoms with E-state index in [2.05, 4.69) is 0 Å². The zero-order valence-corrected chi connectivity index (χ0v) is 13.5. The molecule has 118 valence electrons. The molecule has 0 saturated carbocycles. The second-order valence-electron chi connectivity index (χ2n) is 6.33. The van der Waals surface area contributed by atoms with Crippen LogP contribution in [-0.2, 0) is 14.3 Å². The number of hydrogen-bond donors (Lipinski definition) is 0. The van der Waals surface area contributed by atoms with Crippen LogP contribution in [0.25, 0.3) is 0 Å². The van der Waals surface area contributed by atoms with Crippen LogP contribution < -0.4 is 0 Å². The zero-order chi connectivity index (χ0) is 16.3. The number of carbonyl (C=O) groups excluding carboxylic acids is 2. The molecule has 4 nitrogen and oxygen atoms in total. The minimum Gasteiger partial charge on any atom is -0.452 e. The van der Waals surface area contributed by atoms with Gasteiger partial charge in [0.15, 0.2) is 5.78 Å². The number of esters is 1. The SMILES string of the molecule is COC1C(OC(=O)c2ccccc2)C=C(C)C(=O)CC1(C)C. The van der Waals surface area contributed by atoms with Crippen LogP contribution in [-0.4, -0.2) is 31.1 Å². The van der Waals surface area contributed by atoms with Gasteiger partial charge in [-0.3, -0.25) is 4.79 Å². The third kappa shape index (κ3) is 3.45. The third-order valence-electron chi connectivity index (χ3n) is 4.05. The minimum absolute atomic E-state index is 0.0605. The van der Waals surface area contributed by atoms with E-state index >= 15 is 0 Å². The van der Waals surface area contributed by atoms with Crippen molar-refractivity contribution < 1.29 is 19.1 Å². The monoisotopic (exact) mass is 302 g/mol. The summed E-state index contributed by atoms with van der Waals surface area (Å²) in [7, 11) is 1.58. The summed E-state index contributed by atoms with van der Waals surface area (Å²) in [6, 6.07) is 8.81. The van der Waals surface area contributed by atoms with Gasteiger partial charge >= 0.3 is 5.97 Å². The van der Waals surface area contributed by atoms with E-state index in [-0.39, 0.29) is 11.9 Å². The number of benzene rings is 1. The Hall–Kier alpha value is -1.94. The summed E-state index contributed by atoms with van der Waals surface area (Å²) in [4.78, 5) is 24.4. The minimum atomic E-state index is -0.584. The molecule has 2 unspecified atom stereocenters. The van der Waals surface area contributed by atoms with Crippen LogP contribution >= 0.6 is 0 Å². The second kappa shape index (κ2) is 6.44. The maximum atomic E-state index is 12.3. The molecule has 22 heavy (non-hydrogen) atoms. The first-order valence-corrected chi connectivity index (χ1v) is 7.35. The standard InChI is InChI=1S/C18H22O4/c1-12-10-15(16(21-4)18(2,3)11-14(12)19)22-17(20)13-8-6-5-7-9-13/h5-10,15-16H,11H2,1-4H3. The number of ketones is 1. The number of rotatable bonds is 3. The lowest BCUT2D eigenvalue weighted by atomic mass is 9.80. The van der Waals surface area contributed by atoms with Crippen LogP contribution in [0.4, 0.5) is 0 Å². The highest BCUT2D eigenvalue weighted by molar-refractivity contribution is 5.96. The van der Waals surface area contributed by atoms with Gasteiger partial charge in [-0.15, -0.1) is 0 Å². The summed E-state index contributed by atoms with van der Waals surface area (Å²) in [5.74, 6) is -0.354. The molecule has 0 amide bonds. The number of methoxy groups -OCH3 is 1. The maximum absolute atomic E-state index is 12.3. The summed E-state index contributed by atoms with van der Waals surface area (Å²) in [6.07, 6.45) is 1.11. The fourth-order valence-electron chi connectivity index (χ4n) is 2.84. The summed E-state index contributed by atoms with van der Waals surface area (Å²) in [6.45, 7) is 5.66. The molecular formula is C18H22O4. The van der Waals surface area contributed by atoms with E-state index in [4.69, 9.17) is 9.47 Å². The van der Waals surface area contributed by atoms with Crippen LogP contribution in [0.5, 0.6) is 0 Å². The van der Waals surface area contributed by atoms with E-state index in [1.54, 1.807) is 44.4 Å². The molecule has 0 fully saturated rings. The molecule has 4 heteroatoms. The molecule has 0 aromatic heterocycles. The van der Waals surface area contributed by atoms with Crippen molar-refractivity contribution in [3.8, 4) is 0 Å². The van der Waals surface area contributed by atoms with E-state index < -0.39 is 17.5 Å². The Morgan fingerprint density at radius 3 is 2.45 bits per heavy atom. The van der Waals surface area contributed by atoms with Crippen LogP contribution in [0, 0.1) is 5.41 Å². The van der Waals surface area contributed by atoms with Crippen LogP contribution in [0.1, 0.15) is 37.6 Å². The number of carbonyl (C=O) groups is 2. The van der Waals surface area contributed by atoms with Crippen LogP contribution in [0.15, 0.2) is 42.0 Å². The van der Waals surface area contributed by atoms with Crippen molar-refractivity contribution in [3.63, 3.8) is 0 Å². The van der Waals surface area contributed by atoms with E-state index in [1.165, 1.54) is 0 Å². The van der Waals surface area contributed by atoms with Gasteiger partial charge in [-0.25, -0.2) is 4.79 Å². The Morgan fingerprint density at radius 1 is 1.23 bits per heavy atom. The first kappa shape index (κ1) is 16.4. The van der Waals surface area contributed by atoms with Crippen molar-refractivity contribution in [2.45, 2.75) is 39.4 Å². The Bertz CT molecular complexity index is 586.